The van der Waals surface area contributed by atoms with E-state index in [4.69, 9.17) is 14.6 Å². The van der Waals surface area contributed by atoms with Crippen molar-refractivity contribution in [3.63, 3.8) is 0 Å². The van der Waals surface area contributed by atoms with Crippen molar-refractivity contribution in [3.8, 4) is 11.5 Å². The minimum atomic E-state index is -0.952. The van der Waals surface area contributed by atoms with Gasteiger partial charge < -0.3 is 19.9 Å². The molecule has 0 aromatic heterocycles. The van der Waals surface area contributed by atoms with Gasteiger partial charge in [-0.2, -0.15) is 0 Å². The molecule has 0 saturated heterocycles. The molecular weight excluding hydrogens is 377 g/mol. The first-order chi connectivity index (χ1) is 9.40. The zero-order chi connectivity index (χ0) is 15.3. The molecule has 1 amide bonds. The van der Waals surface area contributed by atoms with Gasteiger partial charge >= 0.3 is 5.97 Å². The standard InChI is InChI=1S/C13H16INO5/c1-7(13(17)18)6-15-12(16)8-4-10(19-2)11(20-3)5-9(8)14/h4-5,7H,6H2,1-3H3,(H,15,16)(H,17,18). The van der Waals surface area contributed by atoms with Gasteiger partial charge in [-0.25, -0.2) is 0 Å². The molecule has 1 unspecified atom stereocenters. The van der Waals surface area contributed by atoms with Crippen molar-refractivity contribution in [1.29, 1.82) is 0 Å². The van der Waals surface area contributed by atoms with Crippen molar-refractivity contribution in [2.75, 3.05) is 20.8 Å². The number of ether oxygens (including phenoxy) is 2. The lowest BCUT2D eigenvalue weighted by Crippen LogP contribution is -2.31. The quantitative estimate of drug-likeness (QED) is 0.720. The molecule has 7 heteroatoms. The summed E-state index contributed by atoms with van der Waals surface area (Å²) in [5, 5.41) is 11.4. The van der Waals surface area contributed by atoms with Crippen LogP contribution in [0.15, 0.2) is 12.1 Å². The zero-order valence-corrected chi connectivity index (χ0v) is 13.6. The third kappa shape index (κ3) is 3.99. The molecule has 1 rings (SSSR count). The summed E-state index contributed by atoms with van der Waals surface area (Å²) in [6.45, 7) is 1.60. The summed E-state index contributed by atoms with van der Waals surface area (Å²) in [5.74, 6) is -0.954. The first kappa shape index (κ1) is 16.5. The minimum Gasteiger partial charge on any atom is -0.493 e. The first-order valence-corrected chi connectivity index (χ1v) is 6.91. The van der Waals surface area contributed by atoms with Crippen LogP contribution in [0.5, 0.6) is 11.5 Å². The molecule has 0 spiro atoms. The molecule has 0 aliphatic carbocycles. The Hall–Kier alpha value is -1.51. The van der Waals surface area contributed by atoms with Gasteiger partial charge in [-0.1, -0.05) is 6.92 Å². The molecule has 0 heterocycles. The van der Waals surface area contributed by atoms with Crippen molar-refractivity contribution in [2.45, 2.75) is 6.92 Å². The van der Waals surface area contributed by atoms with Crippen molar-refractivity contribution in [1.82, 2.24) is 5.32 Å². The van der Waals surface area contributed by atoms with Gasteiger partial charge in [-0.05, 0) is 34.7 Å². The highest BCUT2D eigenvalue weighted by Crippen LogP contribution is 2.31. The number of carbonyl (C=O) groups excluding carboxylic acids is 1. The number of hydrogen-bond donors (Lipinski definition) is 2. The van der Waals surface area contributed by atoms with E-state index in [0.717, 1.165) is 0 Å². The van der Waals surface area contributed by atoms with Crippen LogP contribution in [0.4, 0.5) is 0 Å². The number of carboxylic acid groups (broad SMARTS) is 1. The highest BCUT2D eigenvalue weighted by molar-refractivity contribution is 14.1. The first-order valence-electron chi connectivity index (χ1n) is 5.83. The van der Waals surface area contributed by atoms with Crippen LogP contribution in [0.1, 0.15) is 17.3 Å². The van der Waals surface area contributed by atoms with E-state index >= 15 is 0 Å². The smallest absolute Gasteiger partial charge is 0.308 e. The Morgan fingerprint density at radius 2 is 1.85 bits per heavy atom. The molecule has 0 saturated carbocycles. The largest absolute Gasteiger partial charge is 0.493 e. The van der Waals surface area contributed by atoms with Crippen molar-refractivity contribution >= 4 is 34.5 Å². The monoisotopic (exact) mass is 393 g/mol. The summed E-state index contributed by atoms with van der Waals surface area (Å²) in [6, 6.07) is 3.26. The molecule has 0 bridgehead atoms. The Bertz CT molecular complexity index is 518. The topological polar surface area (TPSA) is 84.9 Å². The second-order valence-electron chi connectivity index (χ2n) is 4.14. The molecule has 1 aromatic rings. The van der Waals surface area contributed by atoms with Crippen LogP contribution >= 0.6 is 22.6 Å². The number of amides is 1. The number of hydrogen-bond acceptors (Lipinski definition) is 4. The maximum atomic E-state index is 12.1. The predicted octanol–water partition coefficient (Wildman–Crippen LogP) is 1.76. The fraction of sp³-hybridized carbons (Fsp3) is 0.385. The number of carbonyl (C=O) groups is 2. The maximum absolute atomic E-state index is 12.1. The summed E-state index contributed by atoms with van der Waals surface area (Å²) in [6.07, 6.45) is 0. The maximum Gasteiger partial charge on any atom is 0.308 e. The second kappa shape index (κ2) is 7.32. The van der Waals surface area contributed by atoms with Crippen LogP contribution < -0.4 is 14.8 Å². The molecule has 2 N–H and O–H groups in total. The minimum absolute atomic E-state index is 0.0680. The average molecular weight is 393 g/mol. The molecular formula is C13H16INO5. The SMILES string of the molecule is COc1cc(I)c(C(=O)NCC(C)C(=O)O)cc1OC. The molecule has 0 radical (unpaired) electrons. The predicted molar refractivity (Wildman–Crippen MR) is 81.4 cm³/mol. The lowest BCUT2D eigenvalue weighted by atomic mass is 10.1. The number of carboxylic acids is 1. The molecule has 0 aliphatic rings. The number of rotatable bonds is 6. The van der Waals surface area contributed by atoms with E-state index in [0.29, 0.717) is 20.6 Å². The van der Waals surface area contributed by atoms with Gasteiger partial charge in [-0.3, -0.25) is 9.59 Å². The van der Waals surface area contributed by atoms with Crippen LogP contribution in [0.25, 0.3) is 0 Å². The number of aliphatic carboxylic acids is 1. The summed E-state index contributed by atoms with van der Waals surface area (Å²) in [4.78, 5) is 22.8. The Labute approximate surface area is 130 Å². The van der Waals surface area contributed by atoms with E-state index in [1.807, 2.05) is 22.6 Å². The van der Waals surface area contributed by atoms with Gasteiger partial charge in [0.25, 0.3) is 5.91 Å². The van der Waals surface area contributed by atoms with Gasteiger partial charge in [0, 0.05) is 10.1 Å². The summed E-state index contributed by atoms with van der Waals surface area (Å²) in [5.41, 5.74) is 0.417. The summed E-state index contributed by atoms with van der Waals surface area (Å²) in [7, 11) is 3.00. The molecule has 1 atom stereocenters. The van der Waals surface area contributed by atoms with Crippen LogP contribution in [-0.4, -0.2) is 37.7 Å². The third-order valence-electron chi connectivity index (χ3n) is 2.71. The van der Waals surface area contributed by atoms with Crippen LogP contribution in [-0.2, 0) is 4.79 Å². The lowest BCUT2D eigenvalue weighted by molar-refractivity contribution is -0.140. The normalized spacial score (nSPS) is 11.6. The molecule has 20 heavy (non-hydrogen) atoms. The van der Waals surface area contributed by atoms with Gasteiger partial charge in [0.1, 0.15) is 0 Å². The molecule has 110 valence electrons. The Kier molecular flexibility index (Phi) is 6.05. The van der Waals surface area contributed by atoms with E-state index in [1.54, 1.807) is 12.1 Å². The summed E-state index contributed by atoms with van der Waals surface area (Å²) < 4.78 is 11.0. The third-order valence-corrected chi connectivity index (χ3v) is 3.60. The molecule has 0 fully saturated rings. The van der Waals surface area contributed by atoms with E-state index in [-0.39, 0.29) is 12.5 Å². The lowest BCUT2D eigenvalue weighted by Gasteiger charge is -2.13. The van der Waals surface area contributed by atoms with Crippen molar-refractivity contribution in [2.24, 2.45) is 5.92 Å². The van der Waals surface area contributed by atoms with Gasteiger partial charge in [-0.15, -0.1) is 0 Å². The Balaban J connectivity index is 2.90. The second-order valence-corrected chi connectivity index (χ2v) is 5.30. The number of nitrogens with one attached hydrogen (secondary N) is 1. The van der Waals surface area contributed by atoms with Gasteiger partial charge in [0.15, 0.2) is 11.5 Å². The fourth-order valence-corrected chi connectivity index (χ4v) is 2.14. The van der Waals surface area contributed by atoms with Crippen LogP contribution in [0.3, 0.4) is 0 Å². The number of benzene rings is 1. The van der Waals surface area contributed by atoms with Crippen LogP contribution in [0.2, 0.25) is 0 Å². The Morgan fingerprint density at radius 1 is 1.30 bits per heavy atom. The average Bonchev–Trinajstić information content (AvgIpc) is 2.43. The van der Waals surface area contributed by atoms with Gasteiger partial charge in [0.2, 0.25) is 0 Å². The van der Waals surface area contributed by atoms with E-state index in [2.05, 4.69) is 5.32 Å². The number of methoxy groups -OCH3 is 2. The van der Waals surface area contributed by atoms with Crippen LogP contribution in [0, 0.1) is 9.49 Å². The molecule has 1 aromatic carbocycles. The number of halogens is 1. The van der Waals surface area contributed by atoms with E-state index < -0.39 is 11.9 Å². The highest BCUT2D eigenvalue weighted by Gasteiger charge is 2.17. The van der Waals surface area contributed by atoms with Gasteiger partial charge in [0.05, 0.1) is 25.7 Å². The van der Waals surface area contributed by atoms with E-state index in [1.165, 1.54) is 21.1 Å². The van der Waals surface area contributed by atoms with E-state index in [9.17, 15) is 9.59 Å². The summed E-state index contributed by atoms with van der Waals surface area (Å²) >= 11 is 2.02. The fourth-order valence-electron chi connectivity index (χ4n) is 1.46. The molecule has 6 nitrogen and oxygen atoms in total. The molecule has 0 aliphatic heterocycles. The Morgan fingerprint density at radius 3 is 2.35 bits per heavy atom. The highest BCUT2D eigenvalue weighted by atomic mass is 127. The van der Waals surface area contributed by atoms with Crippen molar-refractivity contribution < 1.29 is 24.2 Å². The zero-order valence-electron chi connectivity index (χ0n) is 11.4. The van der Waals surface area contributed by atoms with Crippen molar-refractivity contribution in [3.05, 3.63) is 21.3 Å².